The van der Waals surface area contributed by atoms with Gasteiger partial charge in [0, 0.05) is 18.7 Å². The summed E-state index contributed by atoms with van der Waals surface area (Å²) < 4.78 is 45.3. The van der Waals surface area contributed by atoms with E-state index < -0.39 is 17.6 Å². The van der Waals surface area contributed by atoms with Gasteiger partial charge in [-0.15, -0.1) is 12.4 Å². The average molecular weight is 403 g/mol. The van der Waals surface area contributed by atoms with E-state index in [0.717, 1.165) is 11.6 Å². The minimum Gasteiger partial charge on any atom is -0.491 e. The SMILES string of the molecule is CC(C)Oc1ccc(CNC(=O)c2ccc(CN)cc2)c(C(F)(F)F)c1.Cl. The van der Waals surface area contributed by atoms with Crippen LogP contribution in [0.4, 0.5) is 13.2 Å². The van der Waals surface area contributed by atoms with E-state index in [1.54, 1.807) is 38.1 Å². The smallest absolute Gasteiger partial charge is 0.416 e. The summed E-state index contributed by atoms with van der Waals surface area (Å²) in [5, 5.41) is 2.51. The van der Waals surface area contributed by atoms with Crippen LogP contribution in [-0.2, 0) is 19.3 Å². The lowest BCUT2D eigenvalue weighted by Gasteiger charge is -2.17. The lowest BCUT2D eigenvalue weighted by Crippen LogP contribution is -2.24. The molecule has 0 atom stereocenters. The van der Waals surface area contributed by atoms with Crippen molar-refractivity contribution in [2.75, 3.05) is 0 Å². The van der Waals surface area contributed by atoms with Crippen LogP contribution in [-0.4, -0.2) is 12.0 Å². The summed E-state index contributed by atoms with van der Waals surface area (Å²) in [6.07, 6.45) is -4.78. The van der Waals surface area contributed by atoms with Gasteiger partial charge in [0.2, 0.25) is 0 Å². The van der Waals surface area contributed by atoms with Gasteiger partial charge in [-0.05, 0) is 49.2 Å². The maximum Gasteiger partial charge on any atom is 0.416 e. The van der Waals surface area contributed by atoms with E-state index in [4.69, 9.17) is 10.5 Å². The Kier molecular flexibility index (Phi) is 8.12. The molecule has 0 aliphatic heterocycles. The second-order valence-corrected chi connectivity index (χ2v) is 6.07. The molecule has 0 aliphatic carbocycles. The van der Waals surface area contributed by atoms with E-state index in [2.05, 4.69) is 5.32 Å². The van der Waals surface area contributed by atoms with Gasteiger partial charge in [0.25, 0.3) is 5.91 Å². The number of hydrogen-bond acceptors (Lipinski definition) is 3. The van der Waals surface area contributed by atoms with Gasteiger partial charge in [-0.25, -0.2) is 0 Å². The van der Waals surface area contributed by atoms with Gasteiger partial charge >= 0.3 is 6.18 Å². The zero-order chi connectivity index (χ0) is 19.3. The highest BCUT2D eigenvalue weighted by atomic mass is 35.5. The second kappa shape index (κ2) is 9.62. The molecule has 0 radical (unpaired) electrons. The number of carbonyl (C=O) groups excluding carboxylic acids is 1. The molecule has 0 fully saturated rings. The zero-order valence-electron chi connectivity index (χ0n) is 15.0. The standard InChI is InChI=1S/C19H21F3N2O2.ClH/c1-12(2)26-16-8-7-15(17(9-16)19(20,21)22)11-24-18(25)14-5-3-13(10-23)4-6-14;/h3-9,12H,10-11,23H2,1-2H3,(H,24,25);1H. The lowest BCUT2D eigenvalue weighted by molar-refractivity contribution is -0.138. The normalized spacial score (nSPS) is 11.1. The monoisotopic (exact) mass is 402 g/mol. The van der Waals surface area contributed by atoms with Gasteiger partial charge in [0.05, 0.1) is 11.7 Å². The quantitative estimate of drug-likeness (QED) is 0.757. The van der Waals surface area contributed by atoms with Crippen molar-refractivity contribution in [3.63, 3.8) is 0 Å². The maximum absolute atomic E-state index is 13.3. The first-order chi connectivity index (χ1) is 12.2. The molecule has 0 bridgehead atoms. The number of nitrogens with one attached hydrogen (secondary N) is 1. The Bertz CT molecular complexity index is 763. The molecule has 2 aromatic carbocycles. The number of nitrogens with two attached hydrogens (primary N) is 1. The summed E-state index contributed by atoms with van der Waals surface area (Å²) in [7, 11) is 0. The molecular formula is C19H22ClF3N2O2. The molecule has 4 nitrogen and oxygen atoms in total. The predicted octanol–water partition coefficient (Wildman–Crippen LogP) is 4.30. The zero-order valence-corrected chi connectivity index (χ0v) is 15.8. The molecule has 0 aromatic heterocycles. The first kappa shape index (κ1) is 22.8. The Labute approximate surface area is 162 Å². The third-order valence-corrected chi connectivity index (χ3v) is 3.65. The van der Waals surface area contributed by atoms with E-state index in [1.165, 1.54) is 12.1 Å². The van der Waals surface area contributed by atoms with E-state index in [0.29, 0.717) is 12.1 Å². The molecule has 2 aromatic rings. The van der Waals surface area contributed by atoms with Crippen molar-refractivity contribution < 1.29 is 22.7 Å². The van der Waals surface area contributed by atoms with E-state index in [1.807, 2.05) is 0 Å². The van der Waals surface area contributed by atoms with E-state index in [-0.39, 0.29) is 36.4 Å². The third kappa shape index (κ3) is 6.45. The Morgan fingerprint density at radius 3 is 2.30 bits per heavy atom. The number of hydrogen-bond donors (Lipinski definition) is 2. The Morgan fingerprint density at radius 2 is 1.78 bits per heavy atom. The van der Waals surface area contributed by atoms with E-state index >= 15 is 0 Å². The highest BCUT2D eigenvalue weighted by Crippen LogP contribution is 2.34. The molecule has 1 amide bonds. The van der Waals surface area contributed by atoms with Crippen LogP contribution in [0.5, 0.6) is 5.75 Å². The van der Waals surface area contributed by atoms with Crippen molar-refractivity contribution in [2.45, 2.75) is 39.2 Å². The highest BCUT2D eigenvalue weighted by Gasteiger charge is 2.34. The number of ether oxygens (including phenoxy) is 1. The molecule has 0 saturated carbocycles. The molecule has 0 saturated heterocycles. The van der Waals surface area contributed by atoms with Gasteiger partial charge < -0.3 is 15.8 Å². The highest BCUT2D eigenvalue weighted by molar-refractivity contribution is 5.94. The minimum absolute atomic E-state index is 0. The van der Waals surface area contributed by atoms with Crippen LogP contribution in [0.25, 0.3) is 0 Å². The summed E-state index contributed by atoms with van der Waals surface area (Å²) in [4.78, 5) is 12.1. The fraction of sp³-hybridized carbons (Fsp3) is 0.316. The molecule has 3 N–H and O–H groups in total. The van der Waals surface area contributed by atoms with Crippen LogP contribution in [0.3, 0.4) is 0 Å². The van der Waals surface area contributed by atoms with Crippen molar-refractivity contribution in [1.82, 2.24) is 5.32 Å². The molecule has 8 heteroatoms. The average Bonchev–Trinajstić information content (AvgIpc) is 2.59. The van der Waals surface area contributed by atoms with Crippen molar-refractivity contribution in [3.05, 3.63) is 64.7 Å². The van der Waals surface area contributed by atoms with E-state index in [9.17, 15) is 18.0 Å². The number of carbonyl (C=O) groups is 1. The molecule has 0 unspecified atom stereocenters. The number of amides is 1. The van der Waals surface area contributed by atoms with Crippen LogP contribution in [0.15, 0.2) is 42.5 Å². The van der Waals surface area contributed by atoms with Gasteiger partial charge in [-0.1, -0.05) is 18.2 Å². The van der Waals surface area contributed by atoms with Crippen LogP contribution < -0.4 is 15.8 Å². The predicted molar refractivity (Wildman–Crippen MR) is 100.0 cm³/mol. The summed E-state index contributed by atoms with van der Waals surface area (Å²) in [6, 6.07) is 10.3. The van der Waals surface area contributed by atoms with Crippen LogP contribution >= 0.6 is 12.4 Å². The fourth-order valence-corrected chi connectivity index (χ4v) is 2.39. The molecule has 0 aliphatic rings. The largest absolute Gasteiger partial charge is 0.491 e. The van der Waals surface area contributed by atoms with Crippen LogP contribution in [0.2, 0.25) is 0 Å². The van der Waals surface area contributed by atoms with Crippen molar-refractivity contribution in [3.8, 4) is 5.75 Å². The molecule has 0 heterocycles. The molecular weight excluding hydrogens is 381 g/mol. The molecule has 2 rings (SSSR count). The third-order valence-electron chi connectivity index (χ3n) is 3.65. The van der Waals surface area contributed by atoms with Crippen LogP contribution in [0.1, 0.15) is 40.9 Å². The Balaban J connectivity index is 0.00000364. The lowest BCUT2D eigenvalue weighted by atomic mass is 10.1. The van der Waals surface area contributed by atoms with Gasteiger partial charge in [0.1, 0.15) is 5.75 Å². The molecule has 148 valence electrons. The summed E-state index contributed by atoms with van der Waals surface area (Å²) in [5.74, 6) is -0.316. The Hall–Kier alpha value is -2.25. The van der Waals surface area contributed by atoms with Gasteiger partial charge in [0.15, 0.2) is 0 Å². The summed E-state index contributed by atoms with van der Waals surface area (Å²) in [5.41, 5.74) is 5.86. The summed E-state index contributed by atoms with van der Waals surface area (Å²) >= 11 is 0. The van der Waals surface area contributed by atoms with Crippen LogP contribution in [0, 0.1) is 0 Å². The van der Waals surface area contributed by atoms with Gasteiger partial charge in [-0.2, -0.15) is 13.2 Å². The Morgan fingerprint density at radius 1 is 1.15 bits per heavy atom. The second-order valence-electron chi connectivity index (χ2n) is 6.07. The number of halogens is 4. The minimum atomic E-state index is -4.54. The number of benzene rings is 2. The van der Waals surface area contributed by atoms with Crippen molar-refractivity contribution >= 4 is 18.3 Å². The summed E-state index contributed by atoms with van der Waals surface area (Å²) in [6.45, 7) is 3.57. The maximum atomic E-state index is 13.3. The fourth-order valence-electron chi connectivity index (χ4n) is 2.39. The topological polar surface area (TPSA) is 64.3 Å². The first-order valence-corrected chi connectivity index (χ1v) is 8.14. The van der Waals surface area contributed by atoms with Crippen molar-refractivity contribution in [2.24, 2.45) is 5.73 Å². The number of alkyl halides is 3. The van der Waals surface area contributed by atoms with Crippen molar-refractivity contribution in [1.29, 1.82) is 0 Å². The first-order valence-electron chi connectivity index (χ1n) is 8.14. The van der Waals surface area contributed by atoms with Gasteiger partial charge in [-0.3, -0.25) is 4.79 Å². The number of rotatable bonds is 6. The molecule has 0 spiro atoms. The molecule has 27 heavy (non-hydrogen) atoms.